The zero-order valence-corrected chi connectivity index (χ0v) is 14.1. The van der Waals surface area contributed by atoms with Crippen LogP contribution in [0.4, 0.5) is 0 Å². The standard InChI is InChI=1S/C18H31NO2/c1-15(2)9-7-11-17(4)13-8-12-16(3)10-5-6-14-18(20)21-19/h9-10,13H,5-8,11-12,14,19H2,1-4H3. The SMILES string of the molecule is CC(C)=CCCC(C)=CCCC(C)=CCCCC(=O)ON. The summed E-state index contributed by atoms with van der Waals surface area (Å²) in [6.07, 6.45) is 13.4. The minimum atomic E-state index is -0.337. The molecule has 0 unspecified atom stereocenters. The topological polar surface area (TPSA) is 52.3 Å². The van der Waals surface area contributed by atoms with E-state index in [2.05, 4.69) is 50.8 Å². The van der Waals surface area contributed by atoms with Crippen molar-refractivity contribution in [3.8, 4) is 0 Å². The molecule has 0 atom stereocenters. The zero-order chi connectivity index (χ0) is 16.1. The van der Waals surface area contributed by atoms with Gasteiger partial charge in [0, 0.05) is 6.42 Å². The van der Waals surface area contributed by atoms with Gasteiger partial charge in [-0.05, 0) is 66.2 Å². The number of carbonyl (C=O) groups excluding carboxylic acids is 1. The Balaban J connectivity index is 3.83. The minimum Gasteiger partial charge on any atom is -0.373 e. The number of nitrogens with two attached hydrogens (primary N) is 1. The molecular weight excluding hydrogens is 262 g/mol. The van der Waals surface area contributed by atoms with Gasteiger partial charge < -0.3 is 4.84 Å². The smallest absolute Gasteiger partial charge is 0.324 e. The number of hydrogen-bond acceptors (Lipinski definition) is 3. The van der Waals surface area contributed by atoms with Crippen LogP contribution in [0.2, 0.25) is 0 Å². The monoisotopic (exact) mass is 293 g/mol. The molecule has 0 aromatic carbocycles. The number of unbranched alkanes of at least 4 members (excludes halogenated alkanes) is 1. The Kier molecular flexibility index (Phi) is 11.6. The largest absolute Gasteiger partial charge is 0.373 e. The summed E-state index contributed by atoms with van der Waals surface area (Å²) >= 11 is 0. The highest BCUT2D eigenvalue weighted by Crippen LogP contribution is 2.12. The summed E-state index contributed by atoms with van der Waals surface area (Å²) in [6.45, 7) is 8.63. The molecule has 3 heteroatoms. The summed E-state index contributed by atoms with van der Waals surface area (Å²) in [5.74, 6) is 4.45. The number of hydrogen-bond donors (Lipinski definition) is 1. The fourth-order valence-corrected chi connectivity index (χ4v) is 1.99. The minimum absolute atomic E-state index is 0.337. The van der Waals surface area contributed by atoms with Crippen LogP contribution in [-0.2, 0) is 9.63 Å². The highest BCUT2D eigenvalue weighted by molar-refractivity contribution is 5.68. The Morgan fingerprint density at radius 1 is 0.857 bits per heavy atom. The fourth-order valence-electron chi connectivity index (χ4n) is 1.99. The van der Waals surface area contributed by atoms with Gasteiger partial charge in [0.25, 0.3) is 0 Å². The van der Waals surface area contributed by atoms with Gasteiger partial charge in [0.15, 0.2) is 0 Å². The third kappa shape index (κ3) is 13.4. The summed E-state index contributed by atoms with van der Waals surface area (Å²) in [5, 5.41) is 0. The summed E-state index contributed by atoms with van der Waals surface area (Å²) in [6, 6.07) is 0. The van der Waals surface area contributed by atoms with E-state index < -0.39 is 0 Å². The average molecular weight is 293 g/mol. The third-order valence-electron chi connectivity index (χ3n) is 3.33. The summed E-state index contributed by atoms with van der Waals surface area (Å²) in [5.41, 5.74) is 4.23. The van der Waals surface area contributed by atoms with E-state index in [1.54, 1.807) is 0 Å². The lowest BCUT2D eigenvalue weighted by Crippen LogP contribution is -2.08. The Labute approximate surface area is 129 Å². The van der Waals surface area contributed by atoms with Crippen molar-refractivity contribution in [3.63, 3.8) is 0 Å². The van der Waals surface area contributed by atoms with Crippen LogP contribution in [0.3, 0.4) is 0 Å². The summed E-state index contributed by atoms with van der Waals surface area (Å²) < 4.78 is 0. The second-order valence-corrected chi connectivity index (χ2v) is 5.84. The van der Waals surface area contributed by atoms with Gasteiger partial charge in [-0.15, -0.1) is 0 Å². The summed E-state index contributed by atoms with van der Waals surface area (Å²) in [4.78, 5) is 15.0. The molecule has 0 heterocycles. The molecule has 0 aromatic heterocycles. The molecule has 0 aliphatic carbocycles. The van der Waals surface area contributed by atoms with Crippen molar-refractivity contribution in [1.82, 2.24) is 0 Å². The van der Waals surface area contributed by atoms with E-state index in [4.69, 9.17) is 5.90 Å². The van der Waals surface area contributed by atoms with Crippen molar-refractivity contribution in [2.45, 2.75) is 72.6 Å². The Morgan fingerprint density at radius 2 is 1.38 bits per heavy atom. The molecule has 3 nitrogen and oxygen atoms in total. The van der Waals surface area contributed by atoms with Crippen LogP contribution >= 0.6 is 0 Å². The molecule has 0 saturated heterocycles. The van der Waals surface area contributed by atoms with Crippen molar-refractivity contribution in [1.29, 1.82) is 0 Å². The van der Waals surface area contributed by atoms with Gasteiger partial charge in [-0.3, -0.25) is 4.79 Å². The first-order valence-corrected chi connectivity index (χ1v) is 7.80. The lowest BCUT2D eigenvalue weighted by molar-refractivity contribution is -0.144. The Morgan fingerprint density at radius 3 is 1.90 bits per heavy atom. The first kappa shape index (κ1) is 19.7. The van der Waals surface area contributed by atoms with Crippen molar-refractivity contribution in [2.24, 2.45) is 5.90 Å². The van der Waals surface area contributed by atoms with E-state index in [1.807, 2.05) is 0 Å². The normalized spacial score (nSPS) is 12.2. The van der Waals surface area contributed by atoms with E-state index in [0.717, 1.165) is 38.5 Å². The van der Waals surface area contributed by atoms with E-state index >= 15 is 0 Å². The van der Waals surface area contributed by atoms with E-state index in [0.29, 0.717) is 6.42 Å². The van der Waals surface area contributed by atoms with Crippen molar-refractivity contribution < 1.29 is 9.63 Å². The Bertz CT molecular complexity index is 388. The second kappa shape index (κ2) is 12.4. The molecule has 0 fully saturated rings. The highest BCUT2D eigenvalue weighted by Gasteiger charge is 1.98. The van der Waals surface area contributed by atoms with Gasteiger partial charge in [-0.2, -0.15) is 5.90 Å². The van der Waals surface area contributed by atoms with Gasteiger partial charge >= 0.3 is 5.97 Å². The molecule has 0 aliphatic rings. The maximum absolute atomic E-state index is 10.9. The van der Waals surface area contributed by atoms with Crippen molar-refractivity contribution in [2.75, 3.05) is 0 Å². The van der Waals surface area contributed by atoms with Crippen LogP contribution in [-0.4, -0.2) is 5.97 Å². The van der Waals surface area contributed by atoms with Crippen LogP contribution in [0.1, 0.15) is 72.6 Å². The average Bonchev–Trinajstić information content (AvgIpc) is 2.42. The van der Waals surface area contributed by atoms with E-state index in [-0.39, 0.29) is 5.97 Å². The van der Waals surface area contributed by atoms with Gasteiger partial charge in [0.2, 0.25) is 0 Å². The van der Waals surface area contributed by atoms with Gasteiger partial charge in [0.1, 0.15) is 0 Å². The van der Waals surface area contributed by atoms with Crippen molar-refractivity contribution >= 4 is 5.97 Å². The maximum atomic E-state index is 10.9. The molecule has 0 bridgehead atoms. The molecule has 0 rings (SSSR count). The molecule has 0 spiro atoms. The molecule has 0 radical (unpaired) electrons. The zero-order valence-electron chi connectivity index (χ0n) is 14.1. The third-order valence-corrected chi connectivity index (χ3v) is 3.33. The molecule has 2 N–H and O–H groups in total. The lowest BCUT2D eigenvalue weighted by atomic mass is 10.1. The van der Waals surface area contributed by atoms with Gasteiger partial charge in [-0.25, -0.2) is 0 Å². The van der Waals surface area contributed by atoms with Crippen LogP contribution in [0.25, 0.3) is 0 Å². The quantitative estimate of drug-likeness (QED) is 0.350. The second-order valence-electron chi connectivity index (χ2n) is 5.84. The fraction of sp³-hybridized carbons (Fsp3) is 0.611. The molecule has 21 heavy (non-hydrogen) atoms. The lowest BCUT2D eigenvalue weighted by Gasteiger charge is -2.02. The molecular formula is C18H31NO2. The van der Waals surface area contributed by atoms with E-state index in [9.17, 15) is 4.79 Å². The van der Waals surface area contributed by atoms with Crippen LogP contribution < -0.4 is 5.90 Å². The Hall–Kier alpha value is -1.35. The molecule has 0 amide bonds. The summed E-state index contributed by atoms with van der Waals surface area (Å²) in [7, 11) is 0. The van der Waals surface area contributed by atoms with Gasteiger partial charge in [-0.1, -0.05) is 34.9 Å². The van der Waals surface area contributed by atoms with Crippen molar-refractivity contribution in [3.05, 3.63) is 34.9 Å². The molecule has 0 aliphatic heterocycles. The molecule has 120 valence electrons. The van der Waals surface area contributed by atoms with Crippen LogP contribution in [0.15, 0.2) is 34.9 Å². The number of allylic oxidation sites excluding steroid dienone is 6. The highest BCUT2D eigenvalue weighted by atomic mass is 16.7. The first-order valence-electron chi connectivity index (χ1n) is 7.80. The van der Waals surface area contributed by atoms with Crippen LogP contribution in [0, 0.1) is 0 Å². The van der Waals surface area contributed by atoms with Crippen LogP contribution in [0.5, 0.6) is 0 Å². The van der Waals surface area contributed by atoms with Gasteiger partial charge in [0.05, 0.1) is 0 Å². The molecule has 0 saturated carbocycles. The predicted molar refractivity (Wildman–Crippen MR) is 89.5 cm³/mol. The predicted octanol–water partition coefficient (Wildman–Crippen LogP) is 4.99. The molecule has 0 aromatic rings. The number of rotatable bonds is 10. The first-order chi connectivity index (χ1) is 9.95. The maximum Gasteiger partial charge on any atom is 0.324 e. The van der Waals surface area contributed by atoms with E-state index in [1.165, 1.54) is 16.7 Å². The number of carbonyl (C=O) groups is 1.